The fourth-order valence-electron chi connectivity index (χ4n) is 5.92. The average molecular weight is 729 g/mol. The van der Waals surface area contributed by atoms with Gasteiger partial charge in [-0.3, -0.25) is 4.79 Å². The van der Waals surface area contributed by atoms with Gasteiger partial charge in [0.05, 0.1) is 43.1 Å². The van der Waals surface area contributed by atoms with E-state index in [9.17, 15) is 19.2 Å². The first kappa shape index (κ1) is 39.0. The van der Waals surface area contributed by atoms with Crippen molar-refractivity contribution in [3.05, 3.63) is 143 Å². The summed E-state index contributed by atoms with van der Waals surface area (Å²) in [5.74, 6) is -1.83. The largest absolute Gasteiger partial charge is 0.478 e. The standard InChI is InChI=1S/C27H28N2O4.C17H16O4/c1-3-33-27(31)21-8-6-20(7-9-21)25-18-22(5-4-19(25)2)26(30)28-23-10-12-24(13-11-23)29-14-16-32-17-15-29;1-3-21-17(20)13-8-6-12(7-9-13)15-10-14(16(18)19)5-4-11(15)2/h4-13,18H,3,14-17H2,1-2H3,(H,28,30);4-10H,3H2,1-2H3,(H,18,19). The molecule has 0 atom stereocenters. The van der Waals surface area contributed by atoms with Gasteiger partial charge in [0.15, 0.2) is 0 Å². The molecule has 1 amide bonds. The summed E-state index contributed by atoms with van der Waals surface area (Å²) in [5, 5.41) is 12.0. The fraction of sp³-hybridized carbons (Fsp3) is 0.227. The molecule has 1 fully saturated rings. The molecule has 1 aliphatic heterocycles. The first-order valence-corrected chi connectivity index (χ1v) is 17.8. The first-order valence-electron chi connectivity index (χ1n) is 17.8. The molecule has 0 unspecified atom stereocenters. The molecule has 1 aliphatic rings. The number of carbonyl (C=O) groups excluding carboxylic acids is 3. The zero-order valence-electron chi connectivity index (χ0n) is 30.9. The van der Waals surface area contributed by atoms with Gasteiger partial charge in [0, 0.05) is 30.0 Å². The summed E-state index contributed by atoms with van der Waals surface area (Å²) < 4.78 is 15.4. The Morgan fingerprint density at radius 2 is 1.07 bits per heavy atom. The molecule has 278 valence electrons. The van der Waals surface area contributed by atoms with Gasteiger partial charge in [-0.05, 0) is 134 Å². The van der Waals surface area contributed by atoms with Crippen molar-refractivity contribution in [2.75, 3.05) is 49.7 Å². The third kappa shape index (κ3) is 9.99. The van der Waals surface area contributed by atoms with Gasteiger partial charge in [-0.1, -0.05) is 36.4 Å². The lowest BCUT2D eigenvalue weighted by atomic mass is 9.97. The molecule has 5 aromatic carbocycles. The van der Waals surface area contributed by atoms with Crippen molar-refractivity contribution in [1.29, 1.82) is 0 Å². The van der Waals surface area contributed by atoms with E-state index in [0.717, 1.165) is 71.1 Å². The van der Waals surface area contributed by atoms with Crippen LogP contribution >= 0.6 is 0 Å². The molecule has 54 heavy (non-hydrogen) atoms. The van der Waals surface area contributed by atoms with Crippen LogP contribution in [0.4, 0.5) is 11.4 Å². The van der Waals surface area contributed by atoms with Crippen LogP contribution in [0.5, 0.6) is 0 Å². The number of aromatic carboxylic acids is 1. The number of morpholine rings is 1. The summed E-state index contributed by atoms with van der Waals surface area (Å²) in [6.07, 6.45) is 0. The summed E-state index contributed by atoms with van der Waals surface area (Å²) in [7, 11) is 0. The molecule has 0 bridgehead atoms. The molecule has 10 heteroatoms. The zero-order valence-corrected chi connectivity index (χ0v) is 30.9. The number of hydrogen-bond acceptors (Lipinski definition) is 8. The van der Waals surface area contributed by atoms with E-state index in [1.807, 2.05) is 68.4 Å². The van der Waals surface area contributed by atoms with Crippen LogP contribution in [0.3, 0.4) is 0 Å². The van der Waals surface area contributed by atoms with E-state index in [1.165, 1.54) is 0 Å². The summed E-state index contributed by atoms with van der Waals surface area (Å²) in [5.41, 5.74) is 9.28. The van der Waals surface area contributed by atoms with Crippen LogP contribution in [-0.2, 0) is 14.2 Å². The Bertz CT molecular complexity index is 2090. The summed E-state index contributed by atoms with van der Waals surface area (Å²) in [4.78, 5) is 49.7. The number of carboxylic acid groups (broad SMARTS) is 1. The minimum absolute atomic E-state index is 0.168. The highest BCUT2D eigenvalue weighted by Gasteiger charge is 2.14. The van der Waals surface area contributed by atoms with Crippen LogP contribution in [0.25, 0.3) is 22.3 Å². The Morgan fingerprint density at radius 1 is 0.630 bits per heavy atom. The van der Waals surface area contributed by atoms with E-state index in [4.69, 9.17) is 19.3 Å². The molecule has 0 aromatic heterocycles. The van der Waals surface area contributed by atoms with Crippen LogP contribution < -0.4 is 10.2 Å². The maximum atomic E-state index is 12.9. The Hall–Kier alpha value is -6.26. The van der Waals surface area contributed by atoms with E-state index in [-0.39, 0.29) is 23.4 Å². The van der Waals surface area contributed by atoms with E-state index in [1.54, 1.807) is 68.4 Å². The lowest BCUT2D eigenvalue weighted by Crippen LogP contribution is -2.36. The minimum Gasteiger partial charge on any atom is -0.478 e. The molecule has 6 rings (SSSR count). The Balaban J connectivity index is 0.000000230. The normalized spacial score (nSPS) is 12.2. The average Bonchev–Trinajstić information content (AvgIpc) is 3.19. The van der Waals surface area contributed by atoms with Gasteiger partial charge < -0.3 is 29.5 Å². The zero-order chi connectivity index (χ0) is 38.6. The fourth-order valence-corrected chi connectivity index (χ4v) is 5.92. The second-order valence-corrected chi connectivity index (χ2v) is 12.6. The molecule has 2 N–H and O–H groups in total. The molecule has 1 saturated heterocycles. The second kappa shape index (κ2) is 18.5. The van der Waals surface area contributed by atoms with Crippen LogP contribution in [0.15, 0.2) is 109 Å². The number of aryl methyl sites for hydroxylation is 2. The number of carboxylic acids is 1. The molecular weight excluding hydrogens is 684 g/mol. The van der Waals surface area contributed by atoms with Crippen molar-refractivity contribution in [3.63, 3.8) is 0 Å². The van der Waals surface area contributed by atoms with Crippen molar-refractivity contribution >= 4 is 35.2 Å². The maximum Gasteiger partial charge on any atom is 0.338 e. The van der Waals surface area contributed by atoms with Crippen molar-refractivity contribution in [2.24, 2.45) is 0 Å². The van der Waals surface area contributed by atoms with Crippen molar-refractivity contribution in [2.45, 2.75) is 27.7 Å². The molecule has 10 nitrogen and oxygen atoms in total. The predicted molar refractivity (Wildman–Crippen MR) is 210 cm³/mol. The lowest BCUT2D eigenvalue weighted by Gasteiger charge is -2.28. The third-order valence-corrected chi connectivity index (χ3v) is 8.90. The SMILES string of the molecule is CCOC(=O)c1ccc(-c2cc(C(=O)Nc3ccc(N4CCOCC4)cc3)ccc2C)cc1.CCOC(=O)c1ccc(-c2cc(C(=O)O)ccc2C)cc1. The molecule has 0 spiro atoms. The van der Waals surface area contributed by atoms with E-state index < -0.39 is 5.97 Å². The highest BCUT2D eigenvalue weighted by molar-refractivity contribution is 6.05. The Morgan fingerprint density at radius 3 is 1.54 bits per heavy atom. The van der Waals surface area contributed by atoms with Crippen LogP contribution in [0.2, 0.25) is 0 Å². The van der Waals surface area contributed by atoms with Crippen molar-refractivity contribution in [1.82, 2.24) is 0 Å². The molecule has 0 saturated carbocycles. The molecule has 1 heterocycles. The Kier molecular flexibility index (Phi) is 13.3. The van der Waals surface area contributed by atoms with Crippen LogP contribution in [0, 0.1) is 13.8 Å². The number of nitrogens with one attached hydrogen (secondary N) is 1. The topological polar surface area (TPSA) is 131 Å². The molecule has 0 aliphatic carbocycles. The van der Waals surface area contributed by atoms with Gasteiger partial charge in [0.25, 0.3) is 5.91 Å². The maximum absolute atomic E-state index is 12.9. The monoisotopic (exact) mass is 728 g/mol. The number of anilines is 2. The van der Waals surface area contributed by atoms with E-state index in [2.05, 4.69) is 10.2 Å². The minimum atomic E-state index is -0.959. The van der Waals surface area contributed by atoms with Gasteiger partial charge in [-0.2, -0.15) is 0 Å². The predicted octanol–water partition coefficient (Wildman–Crippen LogP) is 8.46. The van der Waals surface area contributed by atoms with Crippen molar-refractivity contribution in [3.8, 4) is 22.3 Å². The van der Waals surface area contributed by atoms with Gasteiger partial charge in [-0.15, -0.1) is 0 Å². The first-order chi connectivity index (χ1) is 26.1. The molecule has 5 aromatic rings. The van der Waals surface area contributed by atoms with Gasteiger partial charge in [0.2, 0.25) is 0 Å². The number of esters is 2. The van der Waals surface area contributed by atoms with Crippen LogP contribution in [-0.4, -0.2) is 68.4 Å². The number of nitrogens with zero attached hydrogens (tertiary/aromatic N) is 1. The lowest BCUT2D eigenvalue weighted by molar-refractivity contribution is 0.0517. The van der Waals surface area contributed by atoms with Gasteiger partial charge >= 0.3 is 17.9 Å². The Labute approximate surface area is 315 Å². The molecule has 0 radical (unpaired) electrons. The number of carbonyl (C=O) groups is 4. The number of amides is 1. The summed E-state index contributed by atoms with van der Waals surface area (Å²) in [6.45, 7) is 11.3. The van der Waals surface area contributed by atoms with Crippen LogP contribution in [0.1, 0.15) is 66.4 Å². The number of benzene rings is 5. The third-order valence-electron chi connectivity index (χ3n) is 8.90. The number of hydrogen-bond donors (Lipinski definition) is 2. The number of ether oxygens (including phenoxy) is 3. The van der Waals surface area contributed by atoms with E-state index >= 15 is 0 Å². The van der Waals surface area contributed by atoms with Gasteiger partial charge in [-0.25, -0.2) is 14.4 Å². The van der Waals surface area contributed by atoms with Crippen molar-refractivity contribution < 1.29 is 38.5 Å². The second-order valence-electron chi connectivity index (χ2n) is 12.6. The summed E-state index contributed by atoms with van der Waals surface area (Å²) in [6, 6.07) is 32.7. The number of rotatable bonds is 10. The van der Waals surface area contributed by atoms with E-state index in [0.29, 0.717) is 29.9 Å². The smallest absolute Gasteiger partial charge is 0.338 e. The van der Waals surface area contributed by atoms with Gasteiger partial charge in [0.1, 0.15) is 0 Å². The highest BCUT2D eigenvalue weighted by Crippen LogP contribution is 2.27. The highest BCUT2D eigenvalue weighted by atomic mass is 16.5. The molecular formula is C44H44N2O8. The summed E-state index contributed by atoms with van der Waals surface area (Å²) >= 11 is 0. The quantitative estimate of drug-likeness (QED) is 0.136.